The minimum Gasteiger partial charge on any atom is -0.487 e. The second-order valence-electron chi connectivity index (χ2n) is 12.8. The lowest BCUT2D eigenvalue weighted by molar-refractivity contribution is -0.179. The molecule has 0 saturated carbocycles. The first-order valence-corrected chi connectivity index (χ1v) is 14.1. The molecule has 0 aliphatic carbocycles. The van der Waals surface area contributed by atoms with Gasteiger partial charge in [0.1, 0.15) is 22.7 Å². The summed E-state index contributed by atoms with van der Waals surface area (Å²) in [6.07, 6.45) is 6.44. The standard InChI is InChI=1S/C31H45NO7/c1-21(2)9-8-12-30(6)24-18-31(13-15-32(16-14-31)28(34)39-29(3,4)5)20-37-27(24)23-11-10-22(17-25(23)38-30)36-19-26(33)35-7/h9-11,17,24,27H,8,12-16,18-20H2,1-7H3/t24-,27+,30+/m0/s1. The monoisotopic (exact) mass is 543 g/mol. The average Bonchev–Trinajstić information content (AvgIpc) is 2.86. The second kappa shape index (κ2) is 11.4. The number of carbonyl (C=O) groups excluding carboxylic acids is 2. The zero-order valence-electron chi connectivity index (χ0n) is 24.6. The highest BCUT2D eigenvalue weighted by Gasteiger charge is 2.54. The molecule has 0 bridgehead atoms. The van der Waals surface area contributed by atoms with Crippen molar-refractivity contribution >= 4 is 12.1 Å². The van der Waals surface area contributed by atoms with Gasteiger partial charge in [-0.3, -0.25) is 0 Å². The van der Waals surface area contributed by atoms with Crippen molar-refractivity contribution in [3.8, 4) is 11.5 Å². The predicted octanol–water partition coefficient (Wildman–Crippen LogP) is 6.23. The number of ether oxygens (including phenoxy) is 5. The number of benzene rings is 1. The zero-order chi connectivity index (χ0) is 28.4. The smallest absolute Gasteiger partial charge is 0.410 e. The van der Waals surface area contributed by atoms with Gasteiger partial charge in [-0.1, -0.05) is 11.6 Å². The van der Waals surface area contributed by atoms with Crippen LogP contribution in [-0.4, -0.2) is 61.6 Å². The van der Waals surface area contributed by atoms with Crippen molar-refractivity contribution in [1.82, 2.24) is 4.90 Å². The van der Waals surface area contributed by atoms with Gasteiger partial charge in [0.15, 0.2) is 6.61 Å². The van der Waals surface area contributed by atoms with Gasteiger partial charge in [-0.2, -0.15) is 0 Å². The number of hydrogen-bond donors (Lipinski definition) is 0. The second-order valence-corrected chi connectivity index (χ2v) is 12.8. The third kappa shape index (κ3) is 6.89. The van der Waals surface area contributed by atoms with Gasteiger partial charge in [-0.25, -0.2) is 9.59 Å². The van der Waals surface area contributed by atoms with Crippen LogP contribution >= 0.6 is 0 Å². The Morgan fingerprint density at radius 1 is 1.18 bits per heavy atom. The number of piperidine rings is 1. The van der Waals surface area contributed by atoms with Gasteiger partial charge in [-0.15, -0.1) is 0 Å². The van der Waals surface area contributed by atoms with Gasteiger partial charge in [-0.05, 0) is 91.2 Å². The molecular weight excluding hydrogens is 498 g/mol. The fraction of sp³-hybridized carbons (Fsp3) is 0.677. The number of methoxy groups -OCH3 is 1. The van der Waals surface area contributed by atoms with Crippen molar-refractivity contribution in [1.29, 1.82) is 0 Å². The van der Waals surface area contributed by atoms with Crippen LogP contribution in [0.4, 0.5) is 4.79 Å². The maximum absolute atomic E-state index is 12.7. The van der Waals surface area contributed by atoms with Gasteiger partial charge < -0.3 is 28.6 Å². The summed E-state index contributed by atoms with van der Waals surface area (Å²) in [5.41, 5.74) is 1.36. The largest absolute Gasteiger partial charge is 0.487 e. The molecule has 8 heteroatoms. The molecule has 1 spiro atoms. The lowest BCUT2D eigenvalue weighted by atomic mass is 9.63. The van der Waals surface area contributed by atoms with Crippen molar-refractivity contribution in [2.75, 3.05) is 33.4 Å². The summed E-state index contributed by atoms with van der Waals surface area (Å²) < 4.78 is 29.5. The molecule has 4 rings (SSSR count). The Labute approximate surface area is 232 Å². The topological polar surface area (TPSA) is 83.5 Å². The van der Waals surface area contributed by atoms with E-state index in [2.05, 4.69) is 26.8 Å². The number of rotatable bonds is 6. The normalized spacial score (nSPS) is 25.6. The Kier molecular flexibility index (Phi) is 8.55. The summed E-state index contributed by atoms with van der Waals surface area (Å²) in [4.78, 5) is 26.1. The van der Waals surface area contributed by atoms with Crippen molar-refractivity contribution < 1.29 is 33.3 Å². The molecule has 0 aromatic heterocycles. The van der Waals surface area contributed by atoms with Crippen LogP contribution in [0.3, 0.4) is 0 Å². The molecule has 39 heavy (non-hydrogen) atoms. The summed E-state index contributed by atoms with van der Waals surface area (Å²) in [5.74, 6) is 1.04. The van der Waals surface area contributed by atoms with Crippen LogP contribution in [0.15, 0.2) is 29.8 Å². The Balaban J connectivity index is 1.54. The van der Waals surface area contributed by atoms with E-state index < -0.39 is 17.2 Å². The van der Waals surface area contributed by atoms with E-state index in [-0.39, 0.29) is 30.1 Å². The van der Waals surface area contributed by atoms with E-state index in [4.69, 9.17) is 23.7 Å². The number of likely N-dealkylation sites (tertiary alicyclic amines) is 1. The van der Waals surface area contributed by atoms with Crippen LogP contribution < -0.4 is 9.47 Å². The molecule has 2 fully saturated rings. The van der Waals surface area contributed by atoms with E-state index in [1.807, 2.05) is 43.9 Å². The molecule has 2 saturated heterocycles. The number of fused-ring (bicyclic) bond motifs is 3. The van der Waals surface area contributed by atoms with Gasteiger partial charge >= 0.3 is 12.1 Å². The third-order valence-electron chi connectivity index (χ3n) is 8.26. The first-order valence-electron chi connectivity index (χ1n) is 14.1. The summed E-state index contributed by atoms with van der Waals surface area (Å²) in [5, 5.41) is 0. The van der Waals surface area contributed by atoms with Gasteiger partial charge in [0.05, 0.1) is 19.8 Å². The minimum absolute atomic E-state index is 0.00187. The Morgan fingerprint density at radius 2 is 1.90 bits per heavy atom. The molecule has 8 nitrogen and oxygen atoms in total. The summed E-state index contributed by atoms with van der Waals surface area (Å²) >= 11 is 0. The molecule has 0 N–H and O–H groups in total. The summed E-state index contributed by atoms with van der Waals surface area (Å²) in [7, 11) is 1.34. The van der Waals surface area contributed by atoms with Crippen molar-refractivity contribution in [3.63, 3.8) is 0 Å². The molecule has 1 amide bonds. The van der Waals surface area contributed by atoms with Gasteiger partial charge in [0.2, 0.25) is 0 Å². The number of nitrogens with zero attached hydrogens (tertiary/aromatic N) is 1. The highest BCUT2D eigenvalue weighted by Crippen LogP contribution is 2.57. The molecule has 3 heterocycles. The number of carbonyl (C=O) groups is 2. The van der Waals surface area contributed by atoms with Crippen LogP contribution in [0.25, 0.3) is 0 Å². The molecule has 1 aromatic carbocycles. The van der Waals surface area contributed by atoms with Crippen LogP contribution in [-0.2, 0) is 19.0 Å². The fourth-order valence-electron chi connectivity index (χ4n) is 6.04. The number of esters is 1. The lowest BCUT2D eigenvalue weighted by Crippen LogP contribution is -2.56. The predicted molar refractivity (Wildman–Crippen MR) is 148 cm³/mol. The van der Waals surface area contributed by atoms with E-state index in [0.717, 1.165) is 43.4 Å². The van der Waals surface area contributed by atoms with Crippen LogP contribution in [0, 0.1) is 11.3 Å². The molecule has 0 radical (unpaired) electrons. The SMILES string of the molecule is COC(=O)COc1ccc2c(c1)O[C@](C)(CCC=C(C)C)[C@H]1CC3(CCN(C(=O)OC(C)(C)C)CC3)CO[C@H]21. The molecule has 3 aliphatic heterocycles. The minimum atomic E-state index is -0.502. The van der Waals surface area contributed by atoms with Crippen LogP contribution in [0.1, 0.15) is 85.3 Å². The zero-order valence-corrected chi connectivity index (χ0v) is 24.6. The average molecular weight is 544 g/mol. The molecule has 0 unspecified atom stereocenters. The maximum Gasteiger partial charge on any atom is 0.410 e. The summed E-state index contributed by atoms with van der Waals surface area (Å²) in [6, 6.07) is 5.72. The molecule has 1 aromatic rings. The highest BCUT2D eigenvalue weighted by molar-refractivity contribution is 5.71. The maximum atomic E-state index is 12.7. The number of allylic oxidation sites excluding steroid dienone is 2. The van der Waals surface area contributed by atoms with Gasteiger partial charge in [0, 0.05) is 30.6 Å². The van der Waals surface area contributed by atoms with E-state index in [1.165, 1.54) is 12.7 Å². The van der Waals surface area contributed by atoms with Crippen molar-refractivity contribution in [2.24, 2.45) is 11.3 Å². The Bertz CT molecular complexity index is 1080. The first-order chi connectivity index (χ1) is 18.3. The van der Waals surface area contributed by atoms with E-state index in [9.17, 15) is 9.59 Å². The van der Waals surface area contributed by atoms with E-state index >= 15 is 0 Å². The molecule has 3 aliphatic rings. The molecule has 216 valence electrons. The highest BCUT2D eigenvalue weighted by atomic mass is 16.6. The number of amides is 1. The lowest BCUT2D eigenvalue weighted by Gasteiger charge is -2.55. The van der Waals surface area contributed by atoms with Crippen molar-refractivity contribution in [3.05, 3.63) is 35.4 Å². The quantitative estimate of drug-likeness (QED) is 0.311. The number of hydrogen-bond acceptors (Lipinski definition) is 7. The van der Waals surface area contributed by atoms with Crippen molar-refractivity contribution in [2.45, 2.75) is 91.0 Å². The fourth-order valence-corrected chi connectivity index (χ4v) is 6.04. The third-order valence-corrected chi connectivity index (χ3v) is 8.26. The Hall–Kier alpha value is -2.74. The van der Waals surface area contributed by atoms with Crippen LogP contribution in [0.2, 0.25) is 0 Å². The molecule has 3 atom stereocenters. The Morgan fingerprint density at radius 3 is 2.54 bits per heavy atom. The van der Waals surface area contributed by atoms with Gasteiger partial charge in [0.25, 0.3) is 0 Å². The van der Waals surface area contributed by atoms with E-state index in [0.29, 0.717) is 25.4 Å². The summed E-state index contributed by atoms with van der Waals surface area (Å²) in [6.45, 7) is 14.0. The first kappa shape index (κ1) is 29.2. The van der Waals surface area contributed by atoms with Crippen LogP contribution in [0.5, 0.6) is 11.5 Å². The molecular formula is C31H45NO7. The van der Waals surface area contributed by atoms with E-state index in [1.54, 1.807) is 0 Å².